The van der Waals surface area contributed by atoms with E-state index < -0.39 is 0 Å². The van der Waals surface area contributed by atoms with Gasteiger partial charge in [-0.2, -0.15) is 0 Å². The van der Waals surface area contributed by atoms with E-state index in [0.29, 0.717) is 5.92 Å². The van der Waals surface area contributed by atoms with Crippen LogP contribution in [0.3, 0.4) is 0 Å². The predicted molar refractivity (Wildman–Crippen MR) is 91.4 cm³/mol. The summed E-state index contributed by atoms with van der Waals surface area (Å²) < 4.78 is 0. The van der Waals surface area contributed by atoms with Crippen LogP contribution in [-0.4, -0.2) is 42.5 Å². The van der Waals surface area contributed by atoms with Crippen molar-refractivity contribution in [2.24, 2.45) is 11.7 Å². The highest BCUT2D eigenvalue weighted by molar-refractivity contribution is 7.22. The van der Waals surface area contributed by atoms with E-state index in [1.807, 2.05) is 18.2 Å². The average Bonchev–Trinajstić information content (AvgIpc) is 3.19. The van der Waals surface area contributed by atoms with Crippen LogP contribution in [0.1, 0.15) is 16.1 Å². The molecular weight excluding hydrogens is 314 g/mol. The molecule has 2 aromatic heterocycles. The summed E-state index contributed by atoms with van der Waals surface area (Å²) in [5.41, 5.74) is 6.20. The fourth-order valence-corrected chi connectivity index (χ4v) is 5.30. The van der Waals surface area contributed by atoms with Gasteiger partial charge in [-0.1, -0.05) is 6.07 Å². The Balaban J connectivity index is 1.46. The molecule has 0 spiro atoms. The fraction of sp³-hybridized carbons (Fsp3) is 0.438. The molecule has 3 saturated heterocycles. The maximum Gasteiger partial charge on any atom is 0.261 e. The van der Waals surface area contributed by atoms with Crippen LogP contribution in [0.25, 0.3) is 9.75 Å². The summed E-state index contributed by atoms with van der Waals surface area (Å²) in [6.07, 6.45) is 1.09. The summed E-state index contributed by atoms with van der Waals surface area (Å²) >= 11 is 3.26. The molecule has 5 rings (SSSR count). The molecule has 116 valence electrons. The summed E-state index contributed by atoms with van der Waals surface area (Å²) in [6, 6.07) is 8.47. The van der Waals surface area contributed by atoms with Gasteiger partial charge in [-0.3, -0.25) is 9.69 Å². The normalized spacial score (nSPS) is 30.4. The number of nitrogens with two attached hydrogens (primary N) is 1. The zero-order valence-electron chi connectivity index (χ0n) is 12.2. The third-order valence-corrected chi connectivity index (χ3v) is 6.83. The largest absolute Gasteiger partial charge is 0.347 e. The summed E-state index contributed by atoms with van der Waals surface area (Å²) in [6.45, 7) is 3.03. The smallest absolute Gasteiger partial charge is 0.261 e. The average molecular weight is 333 g/mol. The second-order valence-electron chi connectivity index (χ2n) is 6.10. The lowest BCUT2D eigenvalue weighted by Gasteiger charge is -2.48. The van der Waals surface area contributed by atoms with Gasteiger partial charge >= 0.3 is 0 Å². The number of thiophene rings is 2. The molecule has 0 saturated carbocycles. The van der Waals surface area contributed by atoms with Crippen LogP contribution in [0, 0.1) is 5.92 Å². The molecular formula is C16H19N3OS2. The summed E-state index contributed by atoms with van der Waals surface area (Å²) in [4.78, 5) is 18.0. The monoisotopic (exact) mass is 333 g/mol. The maximum atomic E-state index is 12.5. The van der Waals surface area contributed by atoms with E-state index in [1.54, 1.807) is 22.7 Å². The topological polar surface area (TPSA) is 58.4 Å². The highest BCUT2D eigenvalue weighted by atomic mass is 32.1. The van der Waals surface area contributed by atoms with Crippen LogP contribution in [0.2, 0.25) is 0 Å². The molecule has 4 nitrogen and oxygen atoms in total. The molecule has 3 aliphatic heterocycles. The molecule has 2 aromatic rings. The van der Waals surface area contributed by atoms with Crippen LogP contribution >= 0.6 is 22.7 Å². The molecule has 3 aliphatic rings. The molecule has 0 aromatic carbocycles. The minimum Gasteiger partial charge on any atom is -0.347 e. The summed E-state index contributed by atoms with van der Waals surface area (Å²) in [5.74, 6) is 0.462. The van der Waals surface area contributed by atoms with Crippen molar-refractivity contribution in [2.45, 2.75) is 18.5 Å². The van der Waals surface area contributed by atoms with Crippen LogP contribution < -0.4 is 11.1 Å². The molecule has 0 aliphatic carbocycles. The van der Waals surface area contributed by atoms with Gasteiger partial charge in [-0.05, 0) is 42.5 Å². The van der Waals surface area contributed by atoms with E-state index >= 15 is 0 Å². The van der Waals surface area contributed by atoms with Crippen molar-refractivity contribution >= 4 is 28.6 Å². The highest BCUT2D eigenvalue weighted by Gasteiger charge is 2.40. The zero-order chi connectivity index (χ0) is 15.1. The van der Waals surface area contributed by atoms with Gasteiger partial charge in [-0.25, -0.2) is 0 Å². The van der Waals surface area contributed by atoms with Gasteiger partial charge in [0.15, 0.2) is 0 Å². The molecule has 3 N–H and O–H groups in total. The van der Waals surface area contributed by atoms with Crippen molar-refractivity contribution in [2.75, 3.05) is 19.6 Å². The minimum atomic E-state index is 0.0405. The molecule has 3 fully saturated rings. The van der Waals surface area contributed by atoms with Crippen molar-refractivity contribution in [1.29, 1.82) is 0 Å². The zero-order valence-corrected chi connectivity index (χ0v) is 13.8. The van der Waals surface area contributed by atoms with Crippen molar-refractivity contribution in [3.8, 4) is 9.75 Å². The van der Waals surface area contributed by atoms with Crippen molar-refractivity contribution in [1.82, 2.24) is 10.2 Å². The van der Waals surface area contributed by atoms with Gasteiger partial charge in [0.05, 0.1) is 4.88 Å². The SMILES string of the molecule is NC1CN2CCC1C(NC(=O)c1ccc(-c3cccs3)s1)C2. The number of amides is 1. The van der Waals surface area contributed by atoms with Crippen molar-refractivity contribution in [3.63, 3.8) is 0 Å². The van der Waals surface area contributed by atoms with E-state index in [2.05, 4.69) is 21.7 Å². The third kappa shape index (κ3) is 2.60. The summed E-state index contributed by atoms with van der Waals surface area (Å²) in [5, 5.41) is 5.27. The number of carbonyl (C=O) groups excluding carboxylic acids is 1. The first-order valence-electron chi connectivity index (χ1n) is 7.63. The Morgan fingerprint density at radius 1 is 1.27 bits per heavy atom. The van der Waals surface area contributed by atoms with Crippen LogP contribution in [0.4, 0.5) is 0 Å². The number of fused-ring (bicyclic) bond motifs is 3. The first-order valence-corrected chi connectivity index (χ1v) is 9.33. The molecule has 0 radical (unpaired) electrons. The number of hydrogen-bond acceptors (Lipinski definition) is 5. The minimum absolute atomic E-state index is 0.0405. The Bertz CT molecular complexity index is 667. The van der Waals surface area contributed by atoms with Gasteiger partial charge in [0.2, 0.25) is 0 Å². The molecule has 5 heterocycles. The molecule has 2 bridgehead atoms. The van der Waals surface area contributed by atoms with Crippen LogP contribution in [-0.2, 0) is 0 Å². The van der Waals surface area contributed by atoms with Gasteiger partial charge < -0.3 is 11.1 Å². The predicted octanol–water partition coefficient (Wildman–Crippen LogP) is 2.24. The first-order chi connectivity index (χ1) is 10.7. The molecule has 4 atom stereocenters. The molecule has 6 heteroatoms. The second kappa shape index (κ2) is 5.77. The quantitative estimate of drug-likeness (QED) is 0.906. The van der Waals surface area contributed by atoms with Crippen molar-refractivity contribution in [3.05, 3.63) is 34.5 Å². The van der Waals surface area contributed by atoms with E-state index in [-0.39, 0.29) is 18.0 Å². The summed E-state index contributed by atoms with van der Waals surface area (Å²) in [7, 11) is 0. The van der Waals surface area contributed by atoms with E-state index in [9.17, 15) is 4.79 Å². The van der Waals surface area contributed by atoms with Crippen LogP contribution in [0.15, 0.2) is 29.6 Å². The number of carbonyl (C=O) groups is 1. The lowest BCUT2D eigenvalue weighted by Crippen LogP contribution is -2.65. The van der Waals surface area contributed by atoms with Gasteiger partial charge in [-0.15, -0.1) is 22.7 Å². The third-order valence-electron chi connectivity index (χ3n) is 4.68. The fourth-order valence-electron chi connectivity index (χ4n) is 3.55. The molecule has 22 heavy (non-hydrogen) atoms. The molecule has 1 amide bonds. The molecule has 4 unspecified atom stereocenters. The number of nitrogens with zero attached hydrogens (tertiary/aromatic N) is 1. The lowest BCUT2D eigenvalue weighted by atomic mass is 9.80. The van der Waals surface area contributed by atoms with E-state index in [4.69, 9.17) is 5.73 Å². The van der Waals surface area contributed by atoms with Gasteiger partial charge in [0.25, 0.3) is 5.91 Å². The van der Waals surface area contributed by atoms with Gasteiger partial charge in [0.1, 0.15) is 0 Å². The number of rotatable bonds is 3. The highest BCUT2D eigenvalue weighted by Crippen LogP contribution is 2.32. The Morgan fingerprint density at radius 2 is 2.18 bits per heavy atom. The lowest BCUT2D eigenvalue weighted by molar-refractivity contribution is 0.0489. The van der Waals surface area contributed by atoms with Crippen LogP contribution in [0.5, 0.6) is 0 Å². The van der Waals surface area contributed by atoms with Gasteiger partial charge in [0, 0.05) is 34.9 Å². The first kappa shape index (κ1) is 14.4. The number of hydrogen-bond donors (Lipinski definition) is 2. The standard InChI is InChI=1S/C16H19N3OS2/c17-11-8-19-6-5-10(11)12(9-19)18-16(20)15-4-3-14(22-15)13-2-1-7-21-13/h1-4,7,10-12H,5-6,8-9,17H2,(H,18,20). The second-order valence-corrected chi connectivity index (χ2v) is 8.13. The maximum absolute atomic E-state index is 12.5. The van der Waals surface area contributed by atoms with E-state index in [1.165, 1.54) is 4.88 Å². The van der Waals surface area contributed by atoms with E-state index in [0.717, 1.165) is 35.8 Å². The Morgan fingerprint density at radius 3 is 2.91 bits per heavy atom. The Labute approximate surface area is 137 Å². The van der Waals surface area contributed by atoms with Crippen molar-refractivity contribution < 1.29 is 4.79 Å². The Kier molecular flexibility index (Phi) is 3.78. The Hall–Kier alpha value is -1.21. The number of piperidine rings is 3. The number of nitrogens with one attached hydrogen (secondary N) is 1.